The van der Waals surface area contributed by atoms with Crippen molar-refractivity contribution in [2.24, 2.45) is 5.73 Å². The zero-order valence-corrected chi connectivity index (χ0v) is 10.5. The van der Waals surface area contributed by atoms with Crippen LogP contribution in [0.15, 0.2) is 22.7 Å². The van der Waals surface area contributed by atoms with Crippen molar-refractivity contribution in [1.29, 1.82) is 0 Å². The first-order valence-electron chi connectivity index (χ1n) is 3.81. The van der Waals surface area contributed by atoms with Crippen molar-refractivity contribution < 1.29 is 4.79 Å². The van der Waals surface area contributed by atoms with Crippen LogP contribution < -0.4 is 16.6 Å². The average molecular weight is 309 g/mol. The Hall–Kier alpha value is -0.850. The highest BCUT2D eigenvalue weighted by molar-refractivity contribution is 9.10. The quantitative estimate of drug-likeness (QED) is 0.544. The number of rotatable bonds is 1. The van der Waals surface area contributed by atoms with Gasteiger partial charge >= 0.3 is 0 Å². The highest BCUT2D eigenvalue weighted by Crippen LogP contribution is 2.20. The summed E-state index contributed by atoms with van der Waals surface area (Å²) in [5, 5.41) is 0.329. The molecule has 0 fully saturated rings. The lowest BCUT2D eigenvalue weighted by atomic mass is 10.2. The molecule has 1 rings (SSSR count). The van der Waals surface area contributed by atoms with E-state index in [2.05, 4.69) is 39.0 Å². The first-order chi connectivity index (χ1) is 7.00. The molecule has 0 unspecified atom stereocenters. The Kier molecular flexibility index (Phi) is 4.31. The van der Waals surface area contributed by atoms with Crippen LogP contribution in [0.3, 0.4) is 0 Å². The summed E-state index contributed by atoms with van der Waals surface area (Å²) < 4.78 is 0.757. The van der Waals surface area contributed by atoms with Crippen molar-refractivity contribution in [2.75, 3.05) is 0 Å². The Morgan fingerprint density at radius 1 is 1.47 bits per heavy atom. The highest BCUT2D eigenvalue weighted by Gasteiger charge is 2.10. The molecule has 4 nitrogen and oxygen atoms in total. The molecule has 0 atom stereocenters. The molecule has 0 aliphatic carbocycles. The fourth-order valence-corrected chi connectivity index (χ4v) is 1.47. The van der Waals surface area contributed by atoms with E-state index in [0.29, 0.717) is 10.6 Å². The molecule has 0 heterocycles. The van der Waals surface area contributed by atoms with Gasteiger partial charge in [0, 0.05) is 4.47 Å². The third-order valence-electron chi connectivity index (χ3n) is 1.47. The molecule has 4 N–H and O–H groups in total. The van der Waals surface area contributed by atoms with E-state index in [0.717, 1.165) is 4.47 Å². The Bertz CT molecular complexity index is 413. The number of hydrogen-bond donors (Lipinski definition) is 3. The number of halogens is 2. The molecule has 1 amide bonds. The minimum atomic E-state index is -0.408. The van der Waals surface area contributed by atoms with Gasteiger partial charge in [0.15, 0.2) is 5.11 Å². The zero-order valence-electron chi connectivity index (χ0n) is 7.38. The lowest BCUT2D eigenvalue weighted by molar-refractivity contribution is 0.0944. The van der Waals surface area contributed by atoms with Gasteiger partial charge in [0.05, 0.1) is 10.6 Å². The minimum Gasteiger partial charge on any atom is -0.375 e. The number of carbonyl (C=O) groups is 1. The average Bonchev–Trinajstić information content (AvgIpc) is 2.18. The summed E-state index contributed by atoms with van der Waals surface area (Å²) in [4.78, 5) is 11.5. The lowest BCUT2D eigenvalue weighted by Gasteiger charge is -2.07. The van der Waals surface area contributed by atoms with E-state index in [1.165, 1.54) is 0 Å². The van der Waals surface area contributed by atoms with Crippen LogP contribution in [0.25, 0.3) is 0 Å². The molecule has 0 aliphatic rings. The van der Waals surface area contributed by atoms with Crippen LogP contribution in [0.5, 0.6) is 0 Å². The summed E-state index contributed by atoms with van der Waals surface area (Å²) in [5.74, 6) is -0.408. The van der Waals surface area contributed by atoms with Crippen LogP contribution in [0, 0.1) is 0 Å². The fourth-order valence-electron chi connectivity index (χ4n) is 0.857. The maximum atomic E-state index is 11.5. The van der Waals surface area contributed by atoms with E-state index in [1.807, 2.05) is 0 Å². The van der Waals surface area contributed by atoms with Crippen LogP contribution in [-0.2, 0) is 0 Å². The number of thiocarbonyl (C=S) groups is 1. The summed E-state index contributed by atoms with van der Waals surface area (Å²) in [6.45, 7) is 0. The van der Waals surface area contributed by atoms with Crippen LogP contribution >= 0.6 is 39.7 Å². The van der Waals surface area contributed by atoms with Crippen molar-refractivity contribution in [3.8, 4) is 0 Å². The van der Waals surface area contributed by atoms with Crippen molar-refractivity contribution in [1.82, 2.24) is 10.9 Å². The predicted molar refractivity (Wildman–Crippen MR) is 66.5 cm³/mol. The van der Waals surface area contributed by atoms with Gasteiger partial charge in [-0.25, -0.2) is 0 Å². The van der Waals surface area contributed by atoms with Gasteiger partial charge in [0.2, 0.25) is 0 Å². The van der Waals surface area contributed by atoms with Gasteiger partial charge in [-0.1, -0.05) is 27.5 Å². The highest BCUT2D eigenvalue weighted by atomic mass is 79.9. The van der Waals surface area contributed by atoms with Gasteiger partial charge in [-0.05, 0) is 30.4 Å². The molecule has 0 radical (unpaired) electrons. The SMILES string of the molecule is NC(=S)NNC(=O)c1cc(Br)ccc1Cl. The normalized spacial score (nSPS) is 9.47. The monoisotopic (exact) mass is 307 g/mol. The van der Waals surface area contributed by atoms with E-state index < -0.39 is 5.91 Å². The molecule has 0 spiro atoms. The Morgan fingerprint density at radius 2 is 2.13 bits per heavy atom. The smallest absolute Gasteiger partial charge is 0.271 e. The molecule has 0 aliphatic heterocycles. The number of benzene rings is 1. The third-order valence-corrected chi connectivity index (χ3v) is 2.40. The fraction of sp³-hybridized carbons (Fsp3) is 0. The Labute approximate surface area is 105 Å². The van der Waals surface area contributed by atoms with Crippen molar-refractivity contribution >= 4 is 50.8 Å². The largest absolute Gasteiger partial charge is 0.375 e. The van der Waals surface area contributed by atoms with E-state index in [-0.39, 0.29) is 5.11 Å². The predicted octanol–water partition coefficient (Wildman–Crippen LogP) is 1.58. The summed E-state index contributed by atoms with van der Waals surface area (Å²) in [5.41, 5.74) is 10.1. The van der Waals surface area contributed by atoms with E-state index in [4.69, 9.17) is 17.3 Å². The van der Waals surface area contributed by atoms with Gasteiger partial charge in [-0.3, -0.25) is 15.6 Å². The Balaban J connectivity index is 2.81. The first kappa shape index (κ1) is 12.2. The molecule has 0 saturated carbocycles. The summed E-state index contributed by atoms with van der Waals surface area (Å²) in [6.07, 6.45) is 0. The number of carbonyl (C=O) groups excluding carboxylic acids is 1. The zero-order chi connectivity index (χ0) is 11.4. The van der Waals surface area contributed by atoms with E-state index in [9.17, 15) is 4.79 Å². The number of hydrogen-bond acceptors (Lipinski definition) is 2. The van der Waals surface area contributed by atoms with Crippen LogP contribution in [0.4, 0.5) is 0 Å². The second-order valence-electron chi connectivity index (χ2n) is 2.57. The van der Waals surface area contributed by atoms with Crippen LogP contribution in [-0.4, -0.2) is 11.0 Å². The Morgan fingerprint density at radius 3 is 2.73 bits per heavy atom. The molecule has 0 bridgehead atoms. The maximum absolute atomic E-state index is 11.5. The second kappa shape index (κ2) is 5.29. The second-order valence-corrected chi connectivity index (χ2v) is 4.33. The van der Waals surface area contributed by atoms with Gasteiger partial charge in [-0.15, -0.1) is 0 Å². The van der Waals surface area contributed by atoms with Crippen molar-refractivity contribution in [3.05, 3.63) is 33.3 Å². The van der Waals surface area contributed by atoms with E-state index in [1.54, 1.807) is 18.2 Å². The summed E-state index contributed by atoms with van der Waals surface area (Å²) >= 11 is 13.6. The number of hydrazine groups is 1. The maximum Gasteiger partial charge on any atom is 0.271 e. The third kappa shape index (κ3) is 3.65. The molecule has 1 aromatic carbocycles. The molecular formula is C8H7BrClN3OS. The van der Waals surface area contributed by atoms with Gasteiger partial charge in [0.1, 0.15) is 0 Å². The number of amides is 1. The molecule has 0 aromatic heterocycles. The van der Waals surface area contributed by atoms with Crippen LogP contribution in [0.1, 0.15) is 10.4 Å². The van der Waals surface area contributed by atoms with Gasteiger partial charge < -0.3 is 5.73 Å². The summed E-state index contributed by atoms with van der Waals surface area (Å²) in [6, 6.07) is 4.94. The molecular weight excluding hydrogens is 302 g/mol. The van der Waals surface area contributed by atoms with Crippen LogP contribution in [0.2, 0.25) is 5.02 Å². The molecule has 1 aromatic rings. The first-order valence-corrected chi connectivity index (χ1v) is 5.39. The molecule has 7 heteroatoms. The van der Waals surface area contributed by atoms with Crippen molar-refractivity contribution in [3.63, 3.8) is 0 Å². The molecule has 0 saturated heterocycles. The molecule has 15 heavy (non-hydrogen) atoms. The minimum absolute atomic E-state index is 0.0190. The summed E-state index contributed by atoms with van der Waals surface area (Å²) in [7, 11) is 0. The number of nitrogens with one attached hydrogen (secondary N) is 2. The standard InChI is InChI=1S/C8H7BrClN3OS/c9-4-1-2-6(10)5(3-4)7(14)12-13-8(11)15/h1-3H,(H,12,14)(H3,11,13,15). The lowest BCUT2D eigenvalue weighted by Crippen LogP contribution is -2.44. The van der Waals surface area contributed by atoms with Gasteiger partial charge in [-0.2, -0.15) is 0 Å². The molecule has 80 valence electrons. The van der Waals surface area contributed by atoms with Gasteiger partial charge in [0.25, 0.3) is 5.91 Å². The number of nitrogens with two attached hydrogens (primary N) is 1. The van der Waals surface area contributed by atoms with Crippen molar-refractivity contribution in [2.45, 2.75) is 0 Å². The topological polar surface area (TPSA) is 67.2 Å². The van der Waals surface area contributed by atoms with E-state index >= 15 is 0 Å².